The molecule has 0 fully saturated rings. The summed E-state index contributed by atoms with van der Waals surface area (Å²) in [5.74, 6) is 2.77. The first-order chi connectivity index (χ1) is 19.8. The molecule has 2 aliphatic heterocycles. The van der Waals surface area contributed by atoms with Crippen LogP contribution in [0.15, 0.2) is 140 Å². The van der Waals surface area contributed by atoms with Gasteiger partial charge in [-0.15, -0.1) is 0 Å². The molecule has 5 aromatic carbocycles. The van der Waals surface area contributed by atoms with Gasteiger partial charge in [0.25, 0.3) is 6.71 Å². The third-order valence-electron chi connectivity index (χ3n) is 7.99. The fourth-order valence-corrected chi connectivity index (χ4v) is 10.7. The predicted molar refractivity (Wildman–Crippen MR) is 163 cm³/mol. The average molecular weight is 530 g/mol. The van der Waals surface area contributed by atoms with Crippen LogP contribution in [-0.2, 0) is 0 Å². The number of hydrogen-bond donors (Lipinski definition) is 0. The summed E-state index contributed by atoms with van der Waals surface area (Å²) in [6, 6.07) is 48.4. The Bertz CT molecular complexity index is 1700. The zero-order valence-corrected chi connectivity index (χ0v) is 22.6. The Morgan fingerprint density at radius 2 is 0.825 bits per heavy atom. The molecule has 8 rings (SSSR count). The van der Waals surface area contributed by atoms with Gasteiger partial charge in [-0.25, -0.2) is 9.97 Å². The van der Waals surface area contributed by atoms with Crippen molar-refractivity contribution in [1.82, 2.24) is 9.97 Å². The van der Waals surface area contributed by atoms with Crippen LogP contribution >= 0.6 is 0 Å². The van der Waals surface area contributed by atoms with Gasteiger partial charge >= 0.3 is 0 Å². The second kappa shape index (κ2) is 9.07. The van der Waals surface area contributed by atoms with E-state index in [9.17, 15) is 0 Å². The van der Waals surface area contributed by atoms with E-state index in [1.165, 1.54) is 15.6 Å². The first-order valence-corrected chi connectivity index (χ1v) is 15.5. The molecule has 0 radical (unpaired) electrons. The molecule has 6 heteroatoms. The van der Waals surface area contributed by atoms with Crippen molar-refractivity contribution in [3.05, 3.63) is 140 Å². The normalized spacial score (nSPS) is 12.8. The maximum atomic E-state index is 6.57. The van der Waals surface area contributed by atoms with E-state index >= 15 is 0 Å². The highest BCUT2D eigenvalue weighted by molar-refractivity contribution is 7.19. The highest BCUT2D eigenvalue weighted by atomic mass is 28.3. The van der Waals surface area contributed by atoms with Crippen LogP contribution in [0.1, 0.15) is 0 Å². The van der Waals surface area contributed by atoms with Gasteiger partial charge in [0, 0.05) is 0 Å². The lowest BCUT2D eigenvalue weighted by Crippen LogP contribution is -2.76. The molecule has 0 aliphatic carbocycles. The van der Waals surface area contributed by atoms with Crippen molar-refractivity contribution in [2.45, 2.75) is 0 Å². The van der Waals surface area contributed by atoms with E-state index in [-0.39, 0.29) is 6.71 Å². The topological polar surface area (TPSA) is 44.2 Å². The van der Waals surface area contributed by atoms with Crippen molar-refractivity contribution >= 4 is 52.2 Å². The SMILES string of the molecule is c1ccc([Si](c2ccccc2)(c2ccccc2)c2nc3c4c(n2)Oc2ccccc2B4c2ccccc2O3)cc1. The minimum Gasteiger partial charge on any atom is -0.440 e. The molecule has 0 bridgehead atoms. The first kappa shape index (κ1) is 23.0. The van der Waals surface area contributed by atoms with E-state index in [1.807, 2.05) is 24.3 Å². The number of aromatic nitrogens is 2. The lowest BCUT2D eigenvalue weighted by Gasteiger charge is -2.35. The number of para-hydroxylation sites is 2. The van der Waals surface area contributed by atoms with Crippen molar-refractivity contribution in [2.24, 2.45) is 0 Å². The van der Waals surface area contributed by atoms with Gasteiger partial charge in [0.1, 0.15) is 16.9 Å². The zero-order valence-electron chi connectivity index (χ0n) is 21.6. The number of hydrogen-bond acceptors (Lipinski definition) is 4. The third kappa shape index (κ3) is 3.33. The van der Waals surface area contributed by atoms with Crippen molar-refractivity contribution in [1.29, 1.82) is 0 Å². The van der Waals surface area contributed by atoms with E-state index < -0.39 is 8.07 Å². The number of nitrogens with zero attached hydrogens (tertiary/aromatic N) is 2. The van der Waals surface area contributed by atoms with Crippen LogP contribution in [0.2, 0.25) is 0 Å². The molecular weight excluding hydrogens is 507 g/mol. The van der Waals surface area contributed by atoms with Gasteiger partial charge in [-0.05, 0) is 38.6 Å². The van der Waals surface area contributed by atoms with Gasteiger partial charge in [-0.3, -0.25) is 0 Å². The van der Waals surface area contributed by atoms with Gasteiger partial charge in [-0.1, -0.05) is 127 Å². The minimum atomic E-state index is -2.97. The molecule has 188 valence electrons. The molecule has 0 saturated carbocycles. The standard InChI is InChI=1S/C34H23BN2O2Si/c1-4-14-24(15-5-1)40(25-16-6-2-7-17-25,26-18-8-3-9-19-26)34-36-32-31-33(37-34)39-30-23-13-11-21-28(30)35(31)27-20-10-12-22-29(27)38-32/h1-23H. The smallest absolute Gasteiger partial charge is 0.265 e. The number of ether oxygens (including phenoxy) is 2. The molecule has 0 spiro atoms. The lowest BCUT2D eigenvalue weighted by atomic mass is 9.35. The number of benzene rings is 5. The Kier molecular flexibility index (Phi) is 5.22. The molecule has 1 aromatic heterocycles. The highest BCUT2D eigenvalue weighted by Crippen LogP contribution is 2.31. The zero-order chi connectivity index (χ0) is 26.5. The largest absolute Gasteiger partial charge is 0.440 e. The molecule has 0 unspecified atom stereocenters. The molecule has 2 aliphatic rings. The van der Waals surface area contributed by atoms with Crippen molar-refractivity contribution in [2.75, 3.05) is 0 Å². The summed E-state index contributed by atoms with van der Waals surface area (Å²) in [7, 11) is -2.97. The Morgan fingerprint density at radius 3 is 1.25 bits per heavy atom. The number of rotatable bonds is 4. The van der Waals surface area contributed by atoms with E-state index in [4.69, 9.17) is 19.4 Å². The van der Waals surface area contributed by atoms with E-state index in [2.05, 4.69) is 115 Å². The molecule has 0 N–H and O–H groups in total. The molecule has 0 amide bonds. The Labute approximate surface area is 234 Å². The van der Waals surface area contributed by atoms with E-state index in [1.54, 1.807) is 0 Å². The highest BCUT2D eigenvalue weighted by Gasteiger charge is 2.48. The number of fused-ring (bicyclic) bond motifs is 4. The fourth-order valence-electron chi connectivity index (χ4n) is 6.26. The fraction of sp³-hybridized carbons (Fsp3) is 0. The van der Waals surface area contributed by atoms with Crippen molar-refractivity contribution < 1.29 is 9.47 Å². The first-order valence-electron chi connectivity index (χ1n) is 13.5. The molecule has 40 heavy (non-hydrogen) atoms. The van der Waals surface area contributed by atoms with Crippen LogP contribution in [0, 0.1) is 0 Å². The van der Waals surface area contributed by atoms with Gasteiger partial charge in [0.15, 0.2) is 0 Å². The summed E-state index contributed by atoms with van der Waals surface area (Å²) in [6.07, 6.45) is 0. The summed E-state index contributed by atoms with van der Waals surface area (Å²) in [5.41, 5.74) is 3.82. The summed E-state index contributed by atoms with van der Waals surface area (Å²) in [5, 5.41) is 3.59. The van der Waals surface area contributed by atoms with Crippen LogP contribution in [0.5, 0.6) is 23.3 Å². The molecule has 4 nitrogen and oxygen atoms in total. The third-order valence-corrected chi connectivity index (χ3v) is 12.5. The molecule has 3 heterocycles. The molecule has 0 atom stereocenters. The average Bonchev–Trinajstić information content (AvgIpc) is 3.03. The summed E-state index contributed by atoms with van der Waals surface area (Å²) in [6.45, 7) is -0.0600. The lowest BCUT2D eigenvalue weighted by molar-refractivity contribution is 0.441. The minimum absolute atomic E-state index is 0.0600. The van der Waals surface area contributed by atoms with E-state index in [0.29, 0.717) is 11.8 Å². The molecule has 6 aromatic rings. The monoisotopic (exact) mass is 530 g/mol. The maximum Gasteiger partial charge on any atom is 0.265 e. The summed E-state index contributed by atoms with van der Waals surface area (Å²) in [4.78, 5) is 10.7. The van der Waals surface area contributed by atoms with E-state index in [0.717, 1.165) is 33.3 Å². The van der Waals surface area contributed by atoms with Gasteiger partial charge in [0.2, 0.25) is 19.8 Å². The second-order valence-corrected chi connectivity index (χ2v) is 13.8. The van der Waals surface area contributed by atoms with Gasteiger partial charge in [-0.2, -0.15) is 0 Å². The van der Waals surface area contributed by atoms with Crippen LogP contribution in [0.25, 0.3) is 0 Å². The molecular formula is C34H23BN2O2Si. The summed E-state index contributed by atoms with van der Waals surface area (Å²) >= 11 is 0. The van der Waals surface area contributed by atoms with Crippen LogP contribution in [0.3, 0.4) is 0 Å². The van der Waals surface area contributed by atoms with Crippen molar-refractivity contribution in [3.8, 4) is 23.3 Å². The van der Waals surface area contributed by atoms with Gasteiger partial charge < -0.3 is 9.47 Å². The Morgan fingerprint density at radius 1 is 0.450 bits per heavy atom. The van der Waals surface area contributed by atoms with Crippen LogP contribution in [-0.4, -0.2) is 24.8 Å². The Hall–Kier alpha value is -4.94. The quantitative estimate of drug-likeness (QED) is 0.259. The predicted octanol–water partition coefficient (Wildman–Crippen LogP) is 2.58. The van der Waals surface area contributed by atoms with Crippen molar-refractivity contribution in [3.63, 3.8) is 0 Å². The van der Waals surface area contributed by atoms with Crippen LogP contribution < -0.4 is 46.9 Å². The maximum absolute atomic E-state index is 6.57. The second-order valence-electron chi connectivity index (χ2n) is 10.1. The Balaban J connectivity index is 1.47. The molecule has 0 saturated heterocycles. The van der Waals surface area contributed by atoms with Crippen LogP contribution in [0.4, 0.5) is 0 Å². The summed E-state index contributed by atoms with van der Waals surface area (Å²) < 4.78 is 13.1. The van der Waals surface area contributed by atoms with Gasteiger partial charge in [0.05, 0.1) is 5.46 Å².